The van der Waals surface area contributed by atoms with Gasteiger partial charge in [-0.2, -0.15) is 0 Å². The van der Waals surface area contributed by atoms with Gasteiger partial charge in [0.1, 0.15) is 5.75 Å². The predicted molar refractivity (Wildman–Crippen MR) is 121 cm³/mol. The number of carbonyl (C=O) groups is 1. The molecule has 0 unspecified atom stereocenters. The fraction of sp³-hybridized carbons (Fsp3) is 0.720. The van der Waals surface area contributed by atoms with Crippen molar-refractivity contribution in [3.05, 3.63) is 28.8 Å². The lowest BCUT2D eigenvalue weighted by molar-refractivity contribution is -0.137. The summed E-state index contributed by atoms with van der Waals surface area (Å²) in [5, 5.41) is 11.0. The molecule has 0 spiro atoms. The van der Waals surface area contributed by atoms with Crippen LogP contribution in [0, 0.1) is 5.92 Å². The number of phenols is 1. The molecule has 1 aliphatic heterocycles. The summed E-state index contributed by atoms with van der Waals surface area (Å²) in [5.74, 6) is 0.836. The van der Waals surface area contributed by atoms with E-state index in [1.165, 1.54) is 5.56 Å². The molecule has 1 atom stereocenters. The summed E-state index contributed by atoms with van der Waals surface area (Å²) in [7, 11) is 0. The van der Waals surface area contributed by atoms with Crippen molar-refractivity contribution in [2.24, 2.45) is 5.92 Å². The van der Waals surface area contributed by atoms with Gasteiger partial charge in [-0.3, -0.25) is 9.69 Å². The van der Waals surface area contributed by atoms with E-state index < -0.39 is 0 Å². The average molecular weight is 403 g/mol. The number of hydrogen-bond donors (Lipinski definition) is 1. The Hall–Kier alpha value is -1.55. The lowest BCUT2D eigenvalue weighted by Gasteiger charge is -2.35. The minimum absolute atomic E-state index is 0.102. The monoisotopic (exact) mass is 402 g/mol. The van der Waals surface area contributed by atoms with Gasteiger partial charge in [-0.05, 0) is 60.8 Å². The van der Waals surface area contributed by atoms with Crippen LogP contribution in [0.3, 0.4) is 0 Å². The zero-order valence-electron chi connectivity index (χ0n) is 19.9. The molecule has 1 saturated heterocycles. The quantitative estimate of drug-likeness (QED) is 0.748. The van der Waals surface area contributed by atoms with E-state index >= 15 is 0 Å². The molecule has 0 bridgehead atoms. The maximum Gasteiger partial charge on any atom is 0.226 e. The number of phenolic OH excluding ortho intramolecular Hbond substituents is 1. The number of rotatable bonds is 5. The molecule has 1 fully saturated rings. The molecule has 1 aliphatic rings. The van der Waals surface area contributed by atoms with Crippen molar-refractivity contribution in [3.8, 4) is 5.75 Å². The molecular weight excluding hydrogens is 360 g/mol. The second-order valence-corrected chi connectivity index (χ2v) is 10.6. The first-order valence-electron chi connectivity index (χ1n) is 11.3. The Morgan fingerprint density at radius 1 is 1.07 bits per heavy atom. The average Bonchev–Trinajstić information content (AvgIpc) is 2.62. The molecule has 0 aromatic heterocycles. The van der Waals surface area contributed by atoms with Crippen LogP contribution < -0.4 is 0 Å². The van der Waals surface area contributed by atoms with Gasteiger partial charge in [-0.15, -0.1) is 0 Å². The van der Waals surface area contributed by atoms with Crippen molar-refractivity contribution in [3.63, 3.8) is 0 Å². The highest BCUT2D eigenvalue weighted by molar-refractivity contribution is 5.79. The molecule has 1 amide bonds. The first-order chi connectivity index (χ1) is 13.4. The highest BCUT2D eigenvalue weighted by atomic mass is 16.3. The number of benzene rings is 1. The summed E-state index contributed by atoms with van der Waals surface area (Å²) >= 11 is 0. The number of likely N-dealkylation sites (tertiary alicyclic amines) is 1. The van der Waals surface area contributed by atoms with Gasteiger partial charge >= 0.3 is 0 Å². The van der Waals surface area contributed by atoms with E-state index in [2.05, 4.69) is 72.4 Å². The van der Waals surface area contributed by atoms with E-state index in [1.54, 1.807) is 0 Å². The third-order valence-corrected chi connectivity index (χ3v) is 6.12. The maximum absolute atomic E-state index is 12.8. The Kier molecular flexibility index (Phi) is 7.42. The van der Waals surface area contributed by atoms with Gasteiger partial charge in [0, 0.05) is 26.2 Å². The summed E-state index contributed by atoms with van der Waals surface area (Å²) in [6.45, 7) is 21.3. The van der Waals surface area contributed by atoms with Crippen molar-refractivity contribution < 1.29 is 9.90 Å². The Labute approximate surface area is 178 Å². The molecule has 0 aliphatic carbocycles. The van der Waals surface area contributed by atoms with Crippen LogP contribution in [0.5, 0.6) is 5.75 Å². The molecule has 2 rings (SSSR count). The van der Waals surface area contributed by atoms with Crippen LogP contribution in [0.2, 0.25) is 0 Å². The van der Waals surface area contributed by atoms with E-state index in [4.69, 9.17) is 0 Å². The number of nitrogens with zero attached hydrogens (tertiary/aromatic N) is 2. The standard InChI is InChI=1S/C25H42N2O2/c1-9-27(10-2)23(29)19-12-11-13-26(17-19)16-18-14-20(24(3,4)5)22(28)21(15-18)25(6,7)8/h14-15,19,28H,9-13,16-17H2,1-8H3/t19-/m0/s1. The van der Waals surface area contributed by atoms with E-state index in [-0.39, 0.29) is 16.7 Å². The molecule has 1 aromatic rings. The second kappa shape index (κ2) is 9.07. The molecule has 1 N–H and O–H groups in total. The summed E-state index contributed by atoms with van der Waals surface area (Å²) < 4.78 is 0. The maximum atomic E-state index is 12.8. The SMILES string of the molecule is CCN(CC)C(=O)[C@H]1CCCN(Cc2cc(C(C)(C)C)c(O)c(C(C)(C)C)c2)C1. The third-order valence-electron chi connectivity index (χ3n) is 6.12. The van der Waals surface area contributed by atoms with E-state index in [1.807, 2.05) is 4.90 Å². The van der Waals surface area contributed by atoms with Crippen molar-refractivity contribution in [1.29, 1.82) is 0 Å². The van der Waals surface area contributed by atoms with E-state index in [9.17, 15) is 9.90 Å². The fourth-order valence-electron chi connectivity index (χ4n) is 4.38. The normalized spacial score (nSPS) is 18.7. The number of carbonyl (C=O) groups excluding carboxylic acids is 1. The third kappa shape index (κ3) is 5.75. The van der Waals surface area contributed by atoms with Crippen molar-refractivity contribution in [1.82, 2.24) is 9.80 Å². The first-order valence-corrected chi connectivity index (χ1v) is 11.3. The Morgan fingerprint density at radius 3 is 2.03 bits per heavy atom. The van der Waals surface area contributed by atoms with Crippen LogP contribution in [-0.4, -0.2) is 47.0 Å². The molecule has 4 heteroatoms. The molecule has 0 radical (unpaired) electrons. The van der Waals surface area contributed by atoms with Gasteiger partial charge in [-0.25, -0.2) is 0 Å². The van der Waals surface area contributed by atoms with E-state index in [0.29, 0.717) is 11.7 Å². The van der Waals surface area contributed by atoms with Crippen LogP contribution in [0.1, 0.15) is 84.9 Å². The van der Waals surface area contributed by atoms with Crippen LogP contribution in [0.15, 0.2) is 12.1 Å². The lowest BCUT2D eigenvalue weighted by atomic mass is 9.78. The van der Waals surface area contributed by atoms with Gasteiger partial charge in [-0.1, -0.05) is 53.7 Å². The molecule has 0 saturated carbocycles. The largest absolute Gasteiger partial charge is 0.507 e. The Morgan fingerprint density at radius 2 is 1.59 bits per heavy atom. The second-order valence-electron chi connectivity index (χ2n) is 10.6. The van der Waals surface area contributed by atoms with Gasteiger partial charge in [0.25, 0.3) is 0 Å². The summed E-state index contributed by atoms with van der Waals surface area (Å²) in [5.41, 5.74) is 3.00. The van der Waals surface area contributed by atoms with Crippen LogP contribution in [0.4, 0.5) is 0 Å². The minimum atomic E-state index is -0.122. The molecule has 1 aromatic carbocycles. The molecular formula is C25H42N2O2. The summed E-state index contributed by atoms with van der Waals surface area (Å²) in [6.07, 6.45) is 2.05. The Balaban J connectivity index is 2.28. The van der Waals surface area contributed by atoms with Crippen LogP contribution in [0.25, 0.3) is 0 Å². The lowest BCUT2D eigenvalue weighted by Crippen LogP contribution is -2.44. The number of hydrogen-bond acceptors (Lipinski definition) is 3. The highest BCUT2D eigenvalue weighted by Crippen LogP contribution is 2.40. The van der Waals surface area contributed by atoms with Gasteiger partial charge in [0.05, 0.1) is 5.92 Å². The van der Waals surface area contributed by atoms with Crippen molar-refractivity contribution >= 4 is 5.91 Å². The minimum Gasteiger partial charge on any atom is -0.507 e. The number of amides is 1. The predicted octanol–water partition coefficient (Wildman–Crippen LogP) is 5.07. The Bertz CT molecular complexity index is 674. The van der Waals surface area contributed by atoms with Crippen LogP contribution >= 0.6 is 0 Å². The smallest absolute Gasteiger partial charge is 0.226 e. The number of piperidine rings is 1. The topological polar surface area (TPSA) is 43.8 Å². The molecule has 4 nitrogen and oxygen atoms in total. The number of aromatic hydroxyl groups is 1. The van der Waals surface area contributed by atoms with Gasteiger partial charge in [0.2, 0.25) is 5.91 Å². The zero-order valence-corrected chi connectivity index (χ0v) is 19.9. The fourth-order valence-corrected chi connectivity index (χ4v) is 4.38. The molecule has 1 heterocycles. The van der Waals surface area contributed by atoms with E-state index in [0.717, 1.165) is 56.7 Å². The zero-order chi connectivity index (χ0) is 22.0. The van der Waals surface area contributed by atoms with Gasteiger partial charge < -0.3 is 10.0 Å². The van der Waals surface area contributed by atoms with Crippen molar-refractivity contribution in [2.45, 2.75) is 85.6 Å². The molecule has 164 valence electrons. The molecule has 29 heavy (non-hydrogen) atoms. The summed E-state index contributed by atoms with van der Waals surface area (Å²) in [6, 6.07) is 4.33. The first kappa shape index (κ1) is 23.7. The highest BCUT2D eigenvalue weighted by Gasteiger charge is 2.30. The van der Waals surface area contributed by atoms with Crippen molar-refractivity contribution in [2.75, 3.05) is 26.2 Å². The van der Waals surface area contributed by atoms with Crippen LogP contribution in [-0.2, 0) is 22.2 Å². The van der Waals surface area contributed by atoms with Gasteiger partial charge in [0.15, 0.2) is 0 Å². The summed E-state index contributed by atoms with van der Waals surface area (Å²) in [4.78, 5) is 17.2.